The zero-order valence-corrected chi connectivity index (χ0v) is 20.3. The second kappa shape index (κ2) is 8.64. The molecule has 6 rings (SSSR count). The Bertz CT molecular complexity index is 1240. The molecule has 2 aromatic carbocycles. The van der Waals surface area contributed by atoms with Crippen molar-refractivity contribution in [3.63, 3.8) is 0 Å². The van der Waals surface area contributed by atoms with Gasteiger partial charge in [0.25, 0.3) is 5.91 Å². The summed E-state index contributed by atoms with van der Waals surface area (Å²) in [5.74, 6) is 2.15. The number of likely N-dealkylation sites (tertiary alicyclic amines) is 1. The molecule has 7 heteroatoms. The van der Waals surface area contributed by atoms with Gasteiger partial charge in [0.05, 0.1) is 31.6 Å². The van der Waals surface area contributed by atoms with E-state index in [0.29, 0.717) is 32.2 Å². The summed E-state index contributed by atoms with van der Waals surface area (Å²) in [5, 5.41) is 3.40. The van der Waals surface area contributed by atoms with Gasteiger partial charge in [-0.15, -0.1) is 0 Å². The molecule has 180 valence electrons. The summed E-state index contributed by atoms with van der Waals surface area (Å²) >= 11 is 0. The summed E-state index contributed by atoms with van der Waals surface area (Å²) in [6.07, 6.45) is 4.04. The molecule has 0 unspecified atom stereocenters. The molecule has 0 saturated carbocycles. The lowest BCUT2D eigenvalue weighted by molar-refractivity contribution is -0.0949. The Balaban J connectivity index is 1.16. The first-order valence-electron chi connectivity index (χ1n) is 12.5. The van der Waals surface area contributed by atoms with Crippen LogP contribution in [0.5, 0.6) is 0 Å². The van der Waals surface area contributed by atoms with Crippen LogP contribution >= 0.6 is 0 Å². The van der Waals surface area contributed by atoms with E-state index in [9.17, 15) is 4.79 Å². The van der Waals surface area contributed by atoms with Crippen LogP contribution in [-0.2, 0) is 11.3 Å². The van der Waals surface area contributed by atoms with Crippen LogP contribution in [0.4, 0.5) is 11.5 Å². The summed E-state index contributed by atoms with van der Waals surface area (Å²) in [6, 6.07) is 16.3. The highest BCUT2D eigenvalue weighted by Crippen LogP contribution is 2.36. The highest BCUT2D eigenvalue weighted by molar-refractivity contribution is 5.95. The van der Waals surface area contributed by atoms with Gasteiger partial charge < -0.3 is 19.9 Å². The Kier molecular flexibility index (Phi) is 5.44. The lowest BCUT2D eigenvalue weighted by atomic mass is 9.90. The number of carbonyl (C=O) groups excluding carboxylic acids is 1. The molecule has 2 fully saturated rings. The van der Waals surface area contributed by atoms with E-state index in [1.54, 1.807) is 0 Å². The fourth-order valence-corrected chi connectivity index (χ4v) is 5.41. The fourth-order valence-electron chi connectivity index (χ4n) is 5.41. The molecule has 0 atom stereocenters. The van der Waals surface area contributed by atoms with E-state index in [2.05, 4.69) is 47.2 Å². The second-order valence-corrected chi connectivity index (χ2v) is 10.2. The predicted octanol–water partition coefficient (Wildman–Crippen LogP) is 4.66. The first kappa shape index (κ1) is 22.0. The first-order chi connectivity index (χ1) is 17.0. The van der Waals surface area contributed by atoms with E-state index in [-0.39, 0.29) is 11.5 Å². The predicted molar refractivity (Wildman–Crippen MR) is 136 cm³/mol. The van der Waals surface area contributed by atoms with Crippen molar-refractivity contribution >= 4 is 17.4 Å². The highest BCUT2D eigenvalue weighted by Gasteiger charge is 2.48. The number of ether oxygens (including phenoxy) is 1. The van der Waals surface area contributed by atoms with Crippen LogP contribution < -0.4 is 10.2 Å². The number of hydrogen-bond donors (Lipinski definition) is 1. The molecule has 1 spiro atoms. The molecule has 1 N–H and O–H groups in total. The molecule has 0 radical (unpaired) electrons. The molecular weight excluding hydrogens is 438 g/mol. The average molecular weight is 470 g/mol. The van der Waals surface area contributed by atoms with Gasteiger partial charge in [-0.05, 0) is 42.0 Å². The summed E-state index contributed by atoms with van der Waals surface area (Å²) in [7, 11) is 0. The third-order valence-electron chi connectivity index (χ3n) is 7.36. The number of fused-ring (bicyclic) bond motifs is 1. The number of carbonyl (C=O) groups is 1. The lowest BCUT2D eigenvalue weighted by Crippen LogP contribution is -2.63. The van der Waals surface area contributed by atoms with E-state index in [1.165, 1.54) is 5.56 Å². The molecule has 7 nitrogen and oxygen atoms in total. The number of anilines is 2. The topological polar surface area (TPSA) is 70.6 Å². The molecule has 0 aliphatic carbocycles. The van der Waals surface area contributed by atoms with Crippen molar-refractivity contribution in [1.29, 1.82) is 0 Å². The molecule has 35 heavy (non-hydrogen) atoms. The Hall–Kier alpha value is -3.45. The normalized spacial score (nSPS) is 18.0. The van der Waals surface area contributed by atoms with Crippen LogP contribution in [0.15, 0.2) is 54.7 Å². The minimum absolute atomic E-state index is 0.0673. The summed E-state index contributed by atoms with van der Waals surface area (Å²) < 4.78 is 5.85. The third-order valence-corrected chi connectivity index (χ3v) is 7.36. The summed E-state index contributed by atoms with van der Waals surface area (Å²) in [4.78, 5) is 26.6. The van der Waals surface area contributed by atoms with Crippen molar-refractivity contribution in [1.82, 2.24) is 14.9 Å². The van der Waals surface area contributed by atoms with Crippen LogP contribution in [0.1, 0.15) is 54.1 Å². The first-order valence-corrected chi connectivity index (χ1v) is 12.5. The van der Waals surface area contributed by atoms with Gasteiger partial charge in [0.15, 0.2) is 11.6 Å². The highest BCUT2D eigenvalue weighted by atomic mass is 16.5. The zero-order chi connectivity index (χ0) is 24.0. The average Bonchev–Trinajstić information content (AvgIpc) is 3.51. The van der Waals surface area contributed by atoms with Gasteiger partial charge >= 0.3 is 0 Å². The lowest BCUT2D eigenvalue weighted by Gasteiger charge is -2.47. The van der Waals surface area contributed by atoms with E-state index >= 15 is 0 Å². The maximum atomic E-state index is 12.9. The number of amides is 1. The standard InChI is InChI=1S/C28H31N5O2/c1-19(2)22-6-3-4-7-23(22)25-29-14-24-26(31-25)32(18-30-24)15-20-8-10-21(11-9-20)27(34)33-16-28(17-33)12-5-13-35-28/h3-4,6-11,14,19,30H,5,12-13,15-18H2,1-2H3. The van der Waals surface area contributed by atoms with Crippen LogP contribution in [0.3, 0.4) is 0 Å². The van der Waals surface area contributed by atoms with Crippen molar-refractivity contribution < 1.29 is 9.53 Å². The smallest absolute Gasteiger partial charge is 0.254 e. The van der Waals surface area contributed by atoms with Crippen molar-refractivity contribution in [2.75, 3.05) is 36.6 Å². The molecule has 4 heterocycles. The van der Waals surface area contributed by atoms with Gasteiger partial charge in [-0.3, -0.25) is 4.79 Å². The molecule has 3 aliphatic rings. The monoisotopic (exact) mass is 469 g/mol. The van der Waals surface area contributed by atoms with E-state index in [4.69, 9.17) is 9.72 Å². The Morgan fingerprint density at radius 1 is 1.14 bits per heavy atom. The molecule has 0 bridgehead atoms. The SMILES string of the molecule is CC(C)c1ccccc1-c1ncc2c(n1)N(Cc1ccc(C(=O)N3CC4(CCCO4)C3)cc1)CN2. The number of benzene rings is 2. The fraction of sp³-hybridized carbons (Fsp3) is 0.393. The number of aromatic nitrogens is 2. The summed E-state index contributed by atoms with van der Waals surface area (Å²) in [5.41, 5.74) is 5.08. The summed E-state index contributed by atoms with van der Waals surface area (Å²) in [6.45, 7) is 8.01. The molecule has 3 aliphatic heterocycles. The van der Waals surface area contributed by atoms with Crippen molar-refractivity contribution in [2.45, 2.75) is 44.8 Å². The van der Waals surface area contributed by atoms with Crippen LogP contribution in [0.25, 0.3) is 11.4 Å². The molecule has 2 saturated heterocycles. The molecule has 3 aromatic rings. The van der Waals surface area contributed by atoms with Gasteiger partial charge in [-0.25, -0.2) is 9.97 Å². The van der Waals surface area contributed by atoms with Gasteiger partial charge in [-0.2, -0.15) is 0 Å². The largest absolute Gasteiger partial charge is 0.371 e. The van der Waals surface area contributed by atoms with Gasteiger partial charge in [0.1, 0.15) is 5.60 Å². The zero-order valence-electron chi connectivity index (χ0n) is 20.3. The second-order valence-electron chi connectivity index (χ2n) is 10.2. The minimum Gasteiger partial charge on any atom is -0.371 e. The molecular formula is C28H31N5O2. The quantitative estimate of drug-likeness (QED) is 0.586. The van der Waals surface area contributed by atoms with Crippen molar-refractivity contribution in [2.24, 2.45) is 0 Å². The van der Waals surface area contributed by atoms with E-state index in [0.717, 1.165) is 53.5 Å². The van der Waals surface area contributed by atoms with Gasteiger partial charge in [-0.1, -0.05) is 50.2 Å². The number of nitrogens with zero attached hydrogens (tertiary/aromatic N) is 4. The molecule has 1 aromatic heterocycles. The van der Waals surface area contributed by atoms with Crippen molar-refractivity contribution in [3.05, 3.63) is 71.4 Å². The van der Waals surface area contributed by atoms with Gasteiger partial charge in [0.2, 0.25) is 0 Å². The minimum atomic E-state index is -0.0673. The number of nitrogens with one attached hydrogen (secondary N) is 1. The number of hydrogen-bond acceptors (Lipinski definition) is 6. The maximum absolute atomic E-state index is 12.9. The van der Waals surface area contributed by atoms with Gasteiger partial charge in [0, 0.05) is 24.3 Å². The van der Waals surface area contributed by atoms with Crippen LogP contribution in [-0.4, -0.2) is 52.7 Å². The Morgan fingerprint density at radius 2 is 1.94 bits per heavy atom. The van der Waals surface area contributed by atoms with Crippen LogP contribution in [0.2, 0.25) is 0 Å². The number of rotatable bonds is 5. The molecule has 1 amide bonds. The maximum Gasteiger partial charge on any atom is 0.254 e. The Morgan fingerprint density at radius 3 is 2.69 bits per heavy atom. The van der Waals surface area contributed by atoms with E-state index in [1.807, 2.05) is 41.4 Å². The van der Waals surface area contributed by atoms with E-state index < -0.39 is 0 Å². The Labute approximate surface area is 206 Å². The van der Waals surface area contributed by atoms with Crippen molar-refractivity contribution in [3.8, 4) is 11.4 Å². The third kappa shape index (κ3) is 4.04. The van der Waals surface area contributed by atoms with Crippen LogP contribution in [0, 0.1) is 0 Å².